The molecule has 0 radical (unpaired) electrons. The number of hydrogen-bond acceptors (Lipinski definition) is 2. The summed E-state index contributed by atoms with van der Waals surface area (Å²) in [4.78, 5) is 5.86. The summed E-state index contributed by atoms with van der Waals surface area (Å²) in [5.41, 5.74) is 1.49. The molecule has 0 amide bonds. The number of hydrogen-bond donors (Lipinski definition) is 2. The second kappa shape index (κ2) is 9.79. The summed E-state index contributed by atoms with van der Waals surface area (Å²) in [6.45, 7) is 3.51. The summed E-state index contributed by atoms with van der Waals surface area (Å²) in [7, 11) is 5.38. The monoisotopic (exact) mass is 394 g/mol. The lowest BCUT2D eigenvalue weighted by Gasteiger charge is -2.15. The number of guanidine groups is 1. The fraction of sp³-hybridized carbons (Fsp3) is 0.500. The van der Waals surface area contributed by atoms with Crippen molar-refractivity contribution in [2.75, 3.05) is 32.6 Å². The molecular formula is C14H24FIN4. The summed E-state index contributed by atoms with van der Waals surface area (Å²) in [6.07, 6.45) is 1.03. The highest BCUT2D eigenvalue weighted by Crippen LogP contribution is 2.18. The molecule has 1 aromatic carbocycles. The van der Waals surface area contributed by atoms with Crippen LogP contribution in [-0.4, -0.2) is 33.6 Å². The second-order valence-electron chi connectivity index (χ2n) is 4.53. The molecule has 0 unspecified atom stereocenters. The van der Waals surface area contributed by atoms with E-state index in [9.17, 15) is 4.39 Å². The zero-order chi connectivity index (χ0) is 14.3. The van der Waals surface area contributed by atoms with Crippen molar-refractivity contribution in [2.24, 2.45) is 4.99 Å². The molecule has 0 aliphatic rings. The molecule has 0 aliphatic carbocycles. The van der Waals surface area contributed by atoms with E-state index in [1.54, 1.807) is 24.1 Å². The molecule has 0 aliphatic heterocycles. The van der Waals surface area contributed by atoms with Gasteiger partial charge in [0.2, 0.25) is 0 Å². The first kappa shape index (κ1) is 18.9. The Balaban J connectivity index is 0.00000361. The predicted molar refractivity (Wildman–Crippen MR) is 94.6 cm³/mol. The summed E-state index contributed by atoms with van der Waals surface area (Å²) >= 11 is 0. The molecule has 20 heavy (non-hydrogen) atoms. The van der Waals surface area contributed by atoms with E-state index in [4.69, 9.17) is 0 Å². The fourth-order valence-corrected chi connectivity index (χ4v) is 1.67. The van der Waals surface area contributed by atoms with Gasteiger partial charge in [-0.15, -0.1) is 24.0 Å². The third-order valence-corrected chi connectivity index (χ3v) is 2.72. The maximum Gasteiger partial charge on any atom is 0.191 e. The molecule has 1 rings (SSSR count). The average Bonchev–Trinajstić information content (AvgIpc) is 2.38. The molecule has 0 spiro atoms. The summed E-state index contributed by atoms with van der Waals surface area (Å²) in [6, 6.07) is 5.25. The smallest absolute Gasteiger partial charge is 0.191 e. The van der Waals surface area contributed by atoms with Crippen LogP contribution in [0, 0.1) is 5.82 Å². The molecule has 6 heteroatoms. The molecule has 0 bridgehead atoms. The van der Waals surface area contributed by atoms with E-state index in [0.717, 1.165) is 24.5 Å². The van der Waals surface area contributed by atoms with E-state index >= 15 is 0 Å². The minimum atomic E-state index is -0.208. The van der Waals surface area contributed by atoms with Crippen LogP contribution < -0.4 is 15.5 Å². The van der Waals surface area contributed by atoms with Gasteiger partial charge in [0.25, 0.3) is 0 Å². The van der Waals surface area contributed by atoms with Gasteiger partial charge in [0.15, 0.2) is 5.96 Å². The number of halogens is 2. The Morgan fingerprint density at radius 1 is 1.30 bits per heavy atom. The van der Waals surface area contributed by atoms with E-state index in [1.807, 2.05) is 20.2 Å². The number of anilines is 1. The second-order valence-corrected chi connectivity index (χ2v) is 4.53. The van der Waals surface area contributed by atoms with Crippen LogP contribution in [0.5, 0.6) is 0 Å². The van der Waals surface area contributed by atoms with Gasteiger partial charge >= 0.3 is 0 Å². The highest BCUT2D eigenvalue weighted by Gasteiger charge is 2.05. The number of benzene rings is 1. The minimum absolute atomic E-state index is 0. The molecule has 0 atom stereocenters. The molecule has 2 N–H and O–H groups in total. The summed E-state index contributed by atoms with van der Waals surface area (Å²) in [5.74, 6) is 0.528. The van der Waals surface area contributed by atoms with Crippen LogP contribution in [-0.2, 0) is 6.54 Å². The maximum absolute atomic E-state index is 13.8. The Labute approximate surface area is 137 Å². The van der Waals surface area contributed by atoms with Crippen molar-refractivity contribution in [2.45, 2.75) is 19.9 Å². The molecule has 0 fully saturated rings. The molecule has 4 nitrogen and oxygen atoms in total. The van der Waals surface area contributed by atoms with E-state index in [-0.39, 0.29) is 29.8 Å². The lowest BCUT2D eigenvalue weighted by atomic mass is 10.2. The SMILES string of the molecule is CCCNC(=NC)NCc1ccc(N(C)C)c(F)c1.I. The van der Waals surface area contributed by atoms with Gasteiger partial charge in [-0.3, -0.25) is 4.99 Å². The highest BCUT2D eigenvalue weighted by atomic mass is 127. The zero-order valence-corrected chi connectivity index (χ0v) is 14.9. The van der Waals surface area contributed by atoms with E-state index in [0.29, 0.717) is 12.2 Å². The molecule has 0 saturated carbocycles. The Kier molecular flexibility index (Phi) is 9.28. The van der Waals surface area contributed by atoms with Gasteiger partial charge in [-0.1, -0.05) is 13.0 Å². The van der Waals surface area contributed by atoms with Crippen LogP contribution in [0.3, 0.4) is 0 Å². The standard InChI is InChI=1S/C14H23FN4.HI/c1-5-8-17-14(16-2)18-10-11-6-7-13(19(3)4)12(15)9-11;/h6-7,9H,5,8,10H2,1-4H3,(H2,16,17,18);1H. The minimum Gasteiger partial charge on any atom is -0.375 e. The normalized spacial score (nSPS) is 10.8. The number of nitrogens with one attached hydrogen (secondary N) is 2. The molecule has 114 valence electrons. The highest BCUT2D eigenvalue weighted by molar-refractivity contribution is 14.0. The Hall–Kier alpha value is -1.05. The van der Waals surface area contributed by atoms with Gasteiger partial charge in [0.05, 0.1) is 5.69 Å². The van der Waals surface area contributed by atoms with Crippen molar-refractivity contribution in [1.29, 1.82) is 0 Å². The van der Waals surface area contributed by atoms with E-state index in [2.05, 4.69) is 22.5 Å². The van der Waals surface area contributed by atoms with Crippen LogP contribution in [0.2, 0.25) is 0 Å². The van der Waals surface area contributed by atoms with Gasteiger partial charge in [-0.05, 0) is 24.1 Å². The first-order valence-corrected chi connectivity index (χ1v) is 6.48. The van der Waals surface area contributed by atoms with Crippen molar-refractivity contribution in [3.8, 4) is 0 Å². The summed E-state index contributed by atoms with van der Waals surface area (Å²) in [5, 5.41) is 6.33. The number of nitrogens with zero attached hydrogens (tertiary/aromatic N) is 2. The molecule has 0 aromatic heterocycles. The largest absolute Gasteiger partial charge is 0.375 e. The van der Waals surface area contributed by atoms with Crippen molar-refractivity contribution >= 4 is 35.6 Å². The van der Waals surface area contributed by atoms with E-state index in [1.165, 1.54) is 0 Å². The zero-order valence-electron chi connectivity index (χ0n) is 12.5. The van der Waals surface area contributed by atoms with Crippen molar-refractivity contribution < 1.29 is 4.39 Å². The van der Waals surface area contributed by atoms with Gasteiger partial charge < -0.3 is 15.5 Å². The maximum atomic E-state index is 13.8. The van der Waals surface area contributed by atoms with Crippen LogP contribution in [0.25, 0.3) is 0 Å². The summed E-state index contributed by atoms with van der Waals surface area (Å²) < 4.78 is 13.8. The van der Waals surface area contributed by atoms with Crippen molar-refractivity contribution in [1.82, 2.24) is 10.6 Å². The Bertz CT molecular complexity index is 435. The fourth-order valence-electron chi connectivity index (χ4n) is 1.67. The van der Waals surface area contributed by atoms with Crippen LogP contribution in [0.1, 0.15) is 18.9 Å². The Morgan fingerprint density at radius 3 is 2.50 bits per heavy atom. The molecule has 1 aromatic rings. The number of rotatable bonds is 5. The van der Waals surface area contributed by atoms with E-state index < -0.39 is 0 Å². The predicted octanol–water partition coefficient (Wildman–Crippen LogP) is 2.58. The lowest BCUT2D eigenvalue weighted by Crippen LogP contribution is -2.37. The van der Waals surface area contributed by atoms with Gasteiger partial charge in [-0.2, -0.15) is 0 Å². The molecule has 0 heterocycles. The first-order chi connectivity index (χ1) is 9.08. The van der Waals surface area contributed by atoms with Crippen LogP contribution >= 0.6 is 24.0 Å². The lowest BCUT2D eigenvalue weighted by molar-refractivity contribution is 0.623. The quantitative estimate of drug-likeness (QED) is 0.458. The topological polar surface area (TPSA) is 39.7 Å². The average molecular weight is 394 g/mol. The van der Waals surface area contributed by atoms with Gasteiger partial charge in [0, 0.05) is 34.2 Å². The third-order valence-electron chi connectivity index (χ3n) is 2.72. The van der Waals surface area contributed by atoms with Crippen LogP contribution in [0.4, 0.5) is 10.1 Å². The van der Waals surface area contributed by atoms with Gasteiger partial charge in [-0.25, -0.2) is 4.39 Å². The van der Waals surface area contributed by atoms with Gasteiger partial charge in [0.1, 0.15) is 5.82 Å². The van der Waals surface area contributed by atoms with Crippen molar-refractivity contribution in [3.05, 3.63) is 29.6 Å². The molecule has 0 saturated heterocycles. The molecular weight excluding hydrogens is 370 g/mol. The number of aliphatic imine (C=N–C) groups is 1. The van der Waals surface area contributed by atoms with Crippen molar-refractivity contribution in [3.63, 3.8) is 0 Å². The third kappa shape index (κ3) is 5.94. The Morgan fingerprint density at radius 2 is 2.00 bits per heavy atom. The van der Waals surface area contributed by atoms with Crippen LogP contribution in [0.15, 0.2) is 23.2 Å². The first-order valence-electron chi connectivity index (χ1n) is 6.48.